The molecule has 0 aliphatic heterocycles. The number of ketones is 1. The van der Waals surface area contributed by atoms with Crippen molar-refractivity contribution in [2.24, 2.45) is 5.92 Å². The Balaban J connectivity index is 1.43. The van der Waals surface area contributed by atoms with Crippen molar-refractivity contribution < 1.29 is 18.8 Å². The summed E-state index contributed by atoms with van der Waals surface area (Å²) in [4.78, 5) is 46.9. The molecule has 3 aliphatic rings. The van der Waals surface area contributed by atoms with Crippen LogP contribution in [0.1, 0.15) is 60.3 Å². The lowest BCUT2D eigenvalue weighted by Crippen LogP contribution is -2.40. The van der Waals surface area contributed by atoms with Gasteiger partial charge in [0, 0.05) is 35.5 Å². The SMILES string of the molecule is O=CN(C(=O)C1CC1)C1(c2cc(-c3[nH]c4c(c3Nc3cccc(F)c3)C(=O)CCC4)ccn2)CC1. The number of carbonyl (C=O) groups is 3. The van der Waals surface area contributed by atoms with E-state index in [1.165, 1.54) is 17.0 Å². The summed E-state index contributed by atoms with van der Waals surface area (Å²) in [5, 5.41) is 3.27. The van der Waals surface area contributed by atoms with Gasteiger partial charge in [-0.1, -0.05) is 6.07 Å². The number of hydrogen-bond acceptors (Lipinski definition) is 5. The van der Waals surface area contributed by atoms with Crippen LogP contribution >= 0.6 is 0 Å². The number of rotatable bonds is 7. The van der Waals surface area contributed by atoms with Crippen LogP contribution in [0.5, 0.6) is 0 Å². The standard InChI is InChI=1S/C27H25FN4O3/c28-18-3-1-4-19(14-18)30-25-23-20(5-2-6-21(23)34)31-24(25)17-9-12-29-22(13-17)27(10-11-27)32(15-33)26(35)16-7-8-16/h1,3-4,9,12-16,30-31H,2,5-8,10-11H2. The van der Waals surface area contributed by atoms with E-state index < -0.39 is 5.54 Å². The fourth-order valence-corrected chi connectivity index (χ4v) is 5.12. The summed E-state index contributed by atoms with van der Waals surface area (Å²) in [6, 6.07) is 9.86. The molecule has 0 saturated heterocycles. The number of anilines is 2. The Morgan fingerprint density at radius 3 is 2.74 bits per heavy atom. The summed E-state index contributed by atoms with van der Waals surface area (Å²) < 4.78 is 13.9. The molecular formula is C27H25FN4O3. The number of pyridine rings is 1. The molecule has 2 heterocycles. The zero-order chi connectivity index (χ0) is 24.2. The molecular weight excluding hydrogens is 447 g/mol. The molecule has 0 spiro atoms. The van der Waals surface area contributed by atoms with Crippen LogP contribution in [-0.4, -0.2) is 33.0 Å². The Kier molecular flexibility index (Phi) is 5.05. The lowest BCUT2D eigenvalue weighted by Gasteiger charge is -2.26. The zero-order valence-corrected chi connectivity index (χ0v) is 19.1. The average Bonchev–Trinajstić information content (AvgIpc) is 3.78. The zero-order valence-electron chi connectivity index (χ0n) is 19.1. The van der Waals surface area contributed by atoms with E-state index in [1.54, 1.807) is 18.3 Å². The highest BCUT2D eigenvalue weighted by molar-refractivity contribution is 6.07. The van der Waals surface area contributed by atoms with Crippen molar-refractivity contribution in [3.8, 4) is 11.3 Å². The molecule has 0 atom stereocenters. The van der Waals surface area contributed by atoms with Crippen molar-refractivity contribution in [1.29, 1.82) is 0 Å². The number of H-pyrrole nitrogens is 1. The molecule has 0 radical (unpaired) electrons. The third kappa shape index (κ3) is 3.73. The minimum absolute atomic E-state index is 0.0442. The van der Waals surface area contributed by atoms with Crippen molar-refractivity contribution in [3.63, 3.8) is 0 Å². The van der Waals surface area contributed by atoms with Gasteiger partial charge in [-0.05, 0) is 68.9 Å². The maximum atomic E-state index is 13.9. The predicted octanol–water partition coefficient (Wildman–Crippen LogP) is 4.86. The van der Waals surface area contributed by atoms with Crippen LogP contribution in [-0.2, 0) is 21.5 Å². The summed E-state index contributed by atoms with van der Waals surface area (Å²) in [6.45, 7) is 0. The van der Waals surface area contributed by atoms with Gasteiger partial charge in [-0.3, -0.25) is 24.3 Å². The molecule has 3 aliphatic carbocycles. The van der Waals surface area contributed by atoms with Crippen molar-refractivity contribution in [3.05, 3.63) is 65.4 Å². The quantitative estimate of drug-likeness (QED) is 0.479. The second kappa shape index (κ2) is 8.15. The summed E-state index contributed by atoms with van der Waals surface area (Å²) in [7, 11) is 0. The fourth-order valence-electron chi connectivity index (χ4n) is 5.12. The van der Waals surface area contributed by atoms with Gasteiger partial charge in [0.2, 0.25) is 12.3 Å². The molecule has 2 fully saturated rings. The number of Topliss-reactive ketones (excluding diaryl/α,β-unsaturated/α-hetero) is 1. The van der Waals surface area contributed by atoms with E-state index in [4.69, 9.17) is 0 Å². The number of imide groups is 1. The van der Waals surface area contributed by atoms with Gasteiger partial charge in [0.05, 0.1) is 28.2 Å². The molecule has 0 unspecified atom stereocenters. The van der Waals surface area contributed by atoms with Crippen molar-refractivity contribution in [1.82, 2.24) is 14.9 Å². The van der Waals surface area contributed by atoms with Crippen LogP contribution in [0.25, 0.3) is 11.3 Å². The van der Waals surface area contributed by atoms with Crippen molar-refractivity contribution in [2.45, 2.75) is 50.5 Å². The molecule has 7 nitrogen and oxygen atoms in total. The van der Waals surface area contributed by atoms with Crippen molar-refractivity contribution in [2.75, 3.05) is 5.32 Å². The maximum absolute atomic E-state index is 13.9. The number of aromatic nitrogens is 2. The highest BCUT2D eigenvalue weighted by Gasteiger charge is 2.55. The number of nitrogens with one attached hydrogen (secondary N) is 2. The molecule has 0 bridgehead atoms. The molecule has 2 N–H and O–H groups in total. The third-order valence-corrected chi connectivity index (χ3v) is 7.26. The Bertz CT molecular complexity index is 1360. The van der Waals surface area contributed by atoms with E-state index in [-0.39, 0.29) is 23.4 Å². The highest BCUT2D eigenvalue weighted by atomic mass is 19.1. The number of fused-ring (bicyclic) bond motifs is 1. The van der Waals surface area contributed by atoms with Crippen LogP contribution < -0.4 is 5.32 Å². The molecule has 2 saturated carbocycles. The van der Waals surface area contributed by atoms with Gasteiger partial charge in [-0.15, -0.1) is 0 Å². The van der Waals surface area contributed by atoms with Gasteiger partial charge >= 0.3 is 0 Å². The lowest BCUT2D eigenvalue weighted by molar-refractivity contribution is -0.143. The number of nitrogens with zero attached hydrogens (tertiary/aromatic N) is 2. The summed E-state index contributed by atoms with van der Waals surface area (Å²) in [6.07, 6.45) is 7.29. The van der Waals surface area contributed by atoms with Crippen LogP contribution in [0.3, 0.4) is 0 Å². The van der Waals surface area contributed by atoms with E-state index >= 15 is 0 Å². The van der Waals surface area contributed by atoms with E-state index in [2.05, 4.69) is 15.3 Å². The molecule has 2 amide bonds. The second-order valence-corrected chi connectivity index (χ2v) is 9.69. The Labute approximate surface area is 201 Å². The van der Waals surface area contributed by atoms with Crippen LogP contribution in [0.4, 0.5) is 15.8 Å². The Morgan fingerprint density at radius 1 is 1.20 bits per heavy atom. The summed E-state index contributed by atoms with van der Waals surface area (Å²) in [5.41, 5.74) is 4.05. The van der Waals surface area contributed by atoms with E-state index in [0.717, 1.165) is 36.9 Å². The molecule has 2 aromatic heterocycles. The maximum Gasteiger partial charge on any atom is 0.232 e. The molecule has 178 valence electrons. The molecule has 3 aromatic rings. The Morgan fingerprint density at radius 2 is 2.03 bits per heavy atom. The van der Waals surface area contributed by atoms with Gasteiger partial charge in [-0.25, -0.2) is 4.39 Å². The molecule has 6 rings (SSSR count). The Hall–Kier alpha value is -3.81. The minimum atomic E-state index is -0.713. The second-order valence-electron chi connectivity index (χ2n) is 9.69. The predicted molar refractivity (Wildman–Crippen MR) is 128 cm³/mol. The van der Waals surface area contributed by atoms with Crippen LogP contribution in [0, 0.1) is 11.7 Å². The first-order valence-corrected chi connectivity index (χ1v) is 12.1. The molecule has 8 heteroatoms. The van der Waals surface area contributed by atoms with Gasteiger partial charge in [0.15, 0.2) is 5.78 Å². The highest BCUT2D eigenvalue weighted by Crippen LogP contribution is 2.52. The number of aromatic amines is 1. The van der Waals surface area contributed by atoms with Gasteiger partial charge < -0.3 is 10.3 Å². The third-order valence-electron chi connectivity index (χ3n) is 7.26. The first-order valence-electron chi connectivity index (χ1n) is 12.1. The van der Waals surface area contributed by atoms with E-state index in [9.17, 15) is 18.8 Å². The van der Waals surface area contributed by atoms with Gasteiger partial charge in [-0.2, -0.15) is 0 Å². The fraction of sp³-hybridized carbons (Fsp3) is 0.333. The largest absolute Gasteiger partial charge is 0.356 e. The van der Waals surface area contributed by atoms with E-state index in [0.29, 0.717) is 54.0 Å². The monoisotopic (exact) mass is 472 g/mol. The number of amides is 2. The van der Waals surface area contributed by atoms with Gasteiger partial charge in [0.1, 0.15) is 5.82 Å². The number of halogens is 1. The van der Waals surface area contributed by atoms with Crippen LogP contribution in [0.2, 0.25) is 0 Å². The smallest absolute Gasteiger partial charge is 0.232 e. The summed E-state index contributed by atoms with van der Waals surface area (Å²) >= 11 is 0. The topological polar surface area (TPSA) is 95.2 Å². The van der Waals surface area contributed by atoms with Crippen molar-refractivity contribution >= 4 is 29.5 Å². The average molecular weight is 473 g/mol. The number of carbonyl (C=O) groups excluding carboxylic acids is 3. The normalized spacial score (nSPS) is 18.0. The minimum Gasteiger partial charge on any atom is -0.356 e. The molecule has 1 aromatic carbocycles. The number of hydrogen-bond donors (Lipinski definition) is 2. The van der Waals surface area contributed by atoms with Gasteiger partial charge in [0.25, 0.3) is 0 Å². The van der Waals surface area contributed by atoms with Crippen LogP contribution in [0.15, 0.2) is 42.6 Å². The number of aryl methyl sites for hydroxylation is 1. The first kappa shape index (κ1) is 21.7. The first-order chi connectivity index (χ1) is 17.0. The van der Waals surface area contributed by atoms with E-state index in [1.807, 2.05) is 12.1 Å². The molecule has 35 heavy (non-hydrogen) atoms. The summed E-state index contributed by atoms with van der Waals surface area (Å²) in [5.74, 6) is -0.519. The lowest BCUT2D eigenvalue weighted by atomic mass is 9.94. The number of benzene rings is 1.